The number of primary amides is 3. The SMILES string of the molecule is Cc1c(N)nc([C@H](CC(N)=O)NC[C@H](N)C(N)=O)nc1C(=O)N[C@H](C(=O)N[C@H](C)[C@@H](O)[C@H](C)C(=O)N[C@H](C(=O)NCCc1nc(-c2nc(C(=O)NCCCN(CCCCNC(=O)/C=C/c3ccc([N+](=O)[O-])o3)C(=O)/C=C/c3ccc([N+](=O)[O-])o3)cs2)cs1)[C@@H](C)O)[C@@H](O[C@@H]1O[C@@H](CO)[C@@H](O)[C@H](O)[C@@H]1O[C@H]1O[C@H](CO)[C@@H](O)[C@H](OC(N)=O)[C@@H]1O)c1cnc[nH]1. The standard InChI is InChI=1S/C71H95N21O29S2/c1-30-49(86-62(89-60(30)74)37(22-43(73)96)81-23-36(72)61(75)104)66(108)88-51(57(38-24-77-29-82-38)119-70-59(55(102)53(100)41(25-93)118-70)120-69-56(103)58(121-71(76)110)54(101)42(26-94)117-69)67(109)83-32(3)52(99)31(2)63(105)87-50(33(4)95)65(107)80-19-16-45-84-40(28-122-45)68-85-39(27-123-68)64(106)79-18-7-21-90(46(98)13-9-35-11-15-48(116-35)92(113)114)20-6-5-17-78-44(97)12-8-34-10-14-47(115-34)91(111)112/h8-15,24,27-29,31-33,36-37,41-42,50-59,69-70,81,93-95,99-103H,5-7,16-23,25-26,72H2,1-4H3,(H2,73,96)(H2,75,104)(H2,76,110)(H,77,82)(H,78,97)(H,79,106)(H,80,107)(H,83,109)(H,87,105)(H,88,108)(H2,74,86,89)/b12-8+,13-9+/t31-,32+,33+,36-,37-,41-,42+,50-,51-,52-,53+,54+,55-,56-,57-,58-,59-,69+,70-/m0/s1. The predicted octanol–water partition coefficient (Wildman–Crippen LogP) is -5.43. The van der Waals surface area contributed by atoms with Crippen molar-refractivity contribution in [3.05, 3.63) is 125 Å². The van der Waals surface area contributed by atoms with Crippen LogP contribution in [0.25, 0.3) is 22.9 Å². The highest BCUT2D eigenvalue weighted by atomic mass is 32.1. The molecule has 0 bridgehead atoms. The van der Waals surface area contributed by atoms with Gasteiger partial charge in [0, 0.05) is 80.6 Å². The Morgan fingerprint density at radius 2 is 1.37 bits per heavy atom. The summed E-state index contributed by atoms with van der Waals surface area (Å²) in [5, 5.41) is 133. The smallest absolute Gasteiger partial charge is 0.433 e. The van der Waals surface area contributed by atoms with Gasteiger partial charge in [0.1, 0.15) is 116 Å². The van der Waals surface area contributed by atoms with E-state index >= 15 is 9.59 Å². The van der Waals surface area contributed by atoms with Crippen molar-refractivity contribution < 1.29 is 131 Å². The number of hydrogen-bond donors (Lipinski definition) is 21. The summed E-state index contributed by atoms with van der Waals surface area (Å²) < 4.78 is 38.9. The zero-order chi connectivity index (χ0) is 90.2. The molecular weight excluding hydrogens is 1680 g/mol. The van der Waals surface area contributed by atoms with Crippen molar-refractivity contribution >= 4 is 112 Å². The summed E-state index contributed by atoms with van der Waals surface area (Å²) in [6.07, 6.45) is -19.9. The Kier molecular flexibility index (Phi) is 35.6. The summed E-state index contributed by atoms with van der Waals surface area (Å²) in [6, 6.07) is -3.18. The van der Waals surface area contributed by atoms with Gasteiger partial charge in [0.05, 0.1) is 84.8 Å². The van der Waals surface area contributed by atoms with E-state index in [2.05, 4.69) is 67.1 Å². The number of H-pyrrole nitrogens is 1. The number of nitrogen functional groups attached to an aromatic ring is 1. The highest BCUT2D eigenvalue weighted by Gasteiger charge is 2.54. The second-order valence-corrected chi connectivity index (χ2v) is 29.8. The highest BCUT2D eigenvalue weighted by molar-refractivity contribution is 7.14. The molecule has 0 spiro atoms. The number of aromatic amines is 1. The molecule has 123 heavy (non-hydrogen) atoms. The number of nitrogens with two attached hydrogens (primary N) is 5. The molecule has 6 aromatic rings. The van der Waals surface area contributed by atoms with Crippen LogP contribution in [0.1, 0.15) is 113 Å². The number of imidazole rings is 1. The Morgan fingerprint density at radius 3 is 1.98 bits per heavy atom. The number of thiazole rings is 2. The van der Waals surface area contributed by atoms with Crippen LogP contribution in [-0.2, 0) is 63.7 Å². The largest absolute Gasteiger partial charge is 0.441 e. The molecular formula is C71H95N21O29S2. The van der Waals surface area contributed by atoms with E-state index in [1.807, 2.05) is 0 Å². The third kappa shape index (κ3) is 26.8. The van der Waals surface area contributed by atoms with Crippen LogP contribution in [0.2, 0.25) is 0 Å². The highest BCUT2D eigenvalue weighted by Crippen LogP contribution is 2.35. The molecule has 0 aliphatic carbocycles. The normalized spacial score (nSPS) is 21.2. The van der Waals surface area contributed by atoms with E-state index in [1.54, 1.807) is 5.38 Å². The molecule has 0 radical (unpaired) electrons. The molecule has 50 nitrogen and oxygen atoms in total. The maximum absolute atomic E-state index is 15.3. The summed E-state index contributed by atoms with van der Waals surface area (Å²) >= 11 is 2.30. The van der Waals surface area contributed by atoms with Gasteiger partial charge in [-0.1, -0.05) is 6.92 Å². The van der Waals surface area contributed by atoms with Crippen LogP contribution in [0, 0.1) is 33.1 Å². The van der Waals surface area contributed by atoms with E-state index in [1.165, 1.54) is 79.7 Å². The number of carbonyl (C=O) groups is 10. The van der Waals surface area contributed by atoms with Gasteiger partial charge < -0.3 is 149 Å². The van der Waals surface area contributed by atoms with Gasteiger partial charge in [-0.3, -0.25) is 63.4 Å². The summed E-state index contributed by atoms with van der Waals surface area (Å²) in [5.41, 5.74) is 27.7. The van der Waals surface area contributed by atoms with Gasteiger partial charge in [-0.2, -0.15) is 0 Å². The molecule has 0 aromatic carbocycles. The van der Waals surface area contributed by atoms with Crippen LogP contribution in [0.5, 0.6) is 0 Å². The van der Waals surface area contributed by atoms with Crippen molar-refractivity contribution in [3.63, 3.8) is 0 Å². The van der Waals surface area contributed by atoms with Crippen LogP contribution in [-0.4, -0.2) is 295 Å². The summed E-state index contributed by atoms with van der Waals surface area (Å²) in [5.74, 6) is -11.2. The van der Waals surface area contributed by atoms with Gasteiger partial charge in [-0.15, -0.1) is 22.7 Å². The third-order valence-electron chi connectivity index (χ3n) is 19.0. The molecule has 6 aromatic heterocycles. The quantitative estimate of drug-likeness (QED) is 0.00734. The monoisotopic (exact) mass is 1770 g/mol. The first-order valence-electron chi connectivity index (χ1n) is 37.7. The number of nitrogens with zero attached hydrogens (tertiary/aromatic N) is 8. The van der Waals surface area contributed by atoms with E-state index in [-0.39, 0.29) is 92.2 Å². The average Bonchev–Trinajstić information content (AvgIpc) is 1.56. The maximum Gasteiger partial charge on any atom is 0.433 e. The summed E-state index contributed by atoms with van der Waals surface area (Å²) in [4.78, 5) is 180. The number of anilines is 1. The van der Waals surface area contributed by atoms with Crippen molar-refractivity contribution in [2.45, 2.75) is 170 Å². The van der Waals surface area contributed by atoms with E-state index < -0.39 is 222 Å². The molecule has 19 atom stereocenters. The van der Waals surface area contributed by atoms with Gasteiger partial charge in [0.25, 0.3) is 11.8 Å². The van der Waals surface area contributed by atoms with Crippen LogP contribution < -0.4 is 65.9 Å². The second kappa shape index (κ2) is 45.3. The zero-order valence-electron chi connectivity index (χ0n) is 66.0. The van der Waals surface area contributed by atoms with Crippen LogP contribution >= 0.6 is 22.7 Å². The number of hydrogen-bond acceptors (Lipinski definition) is 39. The molecule has 2 aliphatic rings. The number of nitrogens with one attached hydrogen (secondary N) is 8. The minimum absolute atomic E-state index is 0.0480. The molecule has 2 fully saturated rings. The van der Waals surface area contributed by atoms with Crippen molar-refractivity contribution in [1.82, 2.24) is 72.0 Å². The molecule has 10 amide bonds. The Balaban J connectivity index is 0.911. The van der Waals surface area contributed by atoms with Crippen LogP contribution in [0.15, 0.2) is 68.5 Å². The number of unbranched alkanes of at least 4 members (excludes halogenated alkanes) is 1. The fraction of sp³-hybridized carbons (Fsp3) is 0.507. The number of ether oxygens (including phenoxy) is 5. The molecule has 26 N–H and O–H groups in total. The number of aliphatic hydroxyl groups is 8. The molecule has 2 aliphatic heterocycles. The molecule has 8 rings (SSSR count). The maximum atomic E-state index is 15.3. The minimum atomic E-state index is -2.23. The molecule has 2 saturated heterocycles. The van der Waals surface area contributed by atoms with E-state index in [0.29, 0.717) is 28.6 Å². The lowest BCUT2D eigenvalue weighted by Gasteiger charge is -2.47. The van der Waals surface area contributed by atoms with Gasteiger partial charge in [0.15, 0.2) is 18.7 Å². The lowest BCUT2D eigenvalue weighted by atomic mass is 9.96. The number of amides is 10. The third-order valence-corrected chi connectivity index (χ3v) is 20.8. The number of carbonyl (C=O) groups excluding carboxylic acids is 10. The fourth-order valence-electron chi connectivity index (χ4n) is 12.2. The minimum Gasteiger partial charge on any atom is -0.441 e. The lowest BCUT2D eigenvalue weighted by Crippen LogP contribution is -2.65. The van der Waals surface area contributed by atoms with Gasteiger partial charge >= 0.3 is 17.9 Å². The average molecular weight is 1770 g/mol. The van der Waals surface area contributed by atoms with E-state index in [4.69, 9.17) is 61.2 Å². The van der Waals surface area contributed by atoms with Crippen molar-refractivity contribution in [3.8, 4) is 10.7 Å². The number of aromatic nitrogens is 6. The molecule has 8 heterocycles. The van der Waals surface area contributed by atoms with Gasteiger partial charge in [-0.25, -0.2) is 29.7 Å². The predicted molar refractivity (Wildman–Crippen MR) is 422 cm³/mol. The Labute approximate surface area is 704 Å². The van der Waals surface area contributed by atoms with E-state index in [9.17, 15) is 99.4 Å². The zero-order valence-corrected chi connectivity index (χ0v) is 67.7. The van der Waals surface area contributed by atoms with E-state index in [0.717, 1.165) is 42.1 Å². The first-order chi connectivity index (χ1) is 58.4. The Hall–Kier alpha value is -11.9. The van der Waals surface area contributed by atoms with Crippen molar-refractivity contribution in [1.29, 1.82) is 0 Å². The summed E-state index contributed by atoms with van der Waals surface area (Å²) in [7, 11) is 0. The first kappa shape index (κ1) is 96.6. The summed E-state index contributed by atoms with van der Waals surface area (Å²) in [6.45, 7) is 2.96. The molecule has 52 heteroatoms. The van der Waals surface area contributed by atoms with Crippen molar-refractivity contribution in [2.75, 3.05) is 58.2 Å². The first-order valence-corrected chi connectivity index (χ1v) is 39.5. The number of furan rings is 2. The van der Waals surface area contributed by atoms with Gasteiger partial charge in [-0.05, 0) is 64.3 Å². The molecule has 0 saturated carbocycles. The van der Waals surface area contributed by atoms with Crippen LogP contribution in [0.4, 0.5) is 22.4 Å². The molecule has 670 valence electrons. The van der Waals surface area contributed by atoms with Gasteiger partial charge in [0.2, 0.25) is 41.4 Å². The van der Waals surface area contributed by atoms with Crippen LogP contribution in [0.3, 0.4) is 0 Å². The second-order valence-electron chi connectivity index (χ2n) is 28.0. The number of nitro groups is 2. The fourth-order valence-corrected chi connectivity index (χ4v) is 13.8. The topological polar surface area (TPSA) is 789 Å². The number of aliphatic hydroxyl groups excluding tert-OH is 8. The van der Waals surface area contributed by atoms with Crippen molar-refractivity contribution in [2.24, 2.45) is 28.9 Å². The lowest BCUT2D eigenvalue weighted by molar-refractivity contribution is -0.402. The molecule has 0 unspecified atom stereocenters. The number of rotatable bonds is 46. The Morgan fingerprint density at radius 1 is 0.715 bits per heavy atom. The Bertz CT molecular complexity index is 4720.